The van der Waals surface area contributed by atoms with Gasteiger partial charge < -0.3 is 20.5 Å². The van der Waals surface area contributed by atoms with Gasteiger partial charge in [-0.25, -0.2) is 9.98 Å². The average Bonchev–Trinajstić information content (AvgIpc) is 3.15. The van der Waals surface area contributed by atoms with Crippen LogP contribution in [0, 0.1) is 0 Å². The molecule has 0 saturated heterocycles. The van der Waals surface area contributed by atoms with E-state index >= 15 is 0 Å². The summed E-state index contributed by atoms with van der Waals surface area (Å²) in [6.45, 7) is 6.46. The van der Waals surface area contributed by atoms with Crippen molar-refractivity contribution in [2.24, 2.45) is 4.99 Å². The van der Waals surface area contributed by atoms with E-state index in [1.165, 1.54) is 22.0 Å². The first-order valence-electron chi connectivity index (χ1n) is 10.4. The van der Waals surface area contributed by atoms with Crippen LogP contribution in [0.5, 0.6) is 0 Å². The van der Waals surface area contributed by atoms with Crippen molar-refractivity contribution in [3.05, 3.63) is 59.4 Å². The summed E-state index contributed by atoms with van der Waals surface area (Å²) in [5, 5.41) is 8.08. The number of aliphatic imine (C=N–C) groups is 1. The first kappa shape index (κ1) is 20.7. The second-order valence-corrected chi connectivity index (χ2v) is 7.26. The van der Waals surface area contributed by atoms with Crippen LogP contribution < -0.4 is 15.5 Å². The maximum atomic E-state index is 4.70. The van der Waals surface area contributed by atoms with E-state index < -0.39 is 0 Å². The van der Waals surface area contributed by atoms with Gasteiger partial charge in [0.1, 0.15) is 5.82 Å². The summed E-state index contributed by atoms with van der Waals surface area (Å²) in [5.74, 6) is 1.76. The van der Waals surface area contributed by atoms with Gasteiger partial charge in [0.25, 0.3) is 0 Å². The largest absolute Gasteiger partial charge is 0.363 e. The summed E-state index contributed by atoms with van der Waals surface area (Å²) >= 11 is 0. The van der Waals surface area contributed by atoms with E-state index in [0.29, 0.717) is 6.54 Å². The molecule has 0 bridgehead atoms. The van der Waals surface area contributed by atoms with E-state index in [-0.39, 0.29) is 0 Å². The summed E-state index contributed by atoms with van der Waals surface area (Å²) in [6.07, 6.45) is 4.11. The lowest BCUT2D eigenvalue weighted by molar-refractivity contribution is 0.798. The van der Waals surface area contributed by atoms with Crippen LogP contribution >= 0.6 is 0 Å². The molecule has 29 heavy (non-hydrogen) atoms. The molecule has 2 heterocycles. The van der Waals surface area contributed by atoms with Crippen LogP contribution in [0.4, 0.5) is 5.82 Å². The van der Waals surface area contributed by atoms with Gasteiger partial charge >= 0.3 is 0 Å². The Morgan fingerprint density at radius 1 is 1.07 bits per heavy atom. The minimum atomic E-state index is 0.546. The van der Waals surface area contributed by atoms with Gasteiger partial charge in [0.05, 0.1) is 12.2 Å². The Hall–Kier alpha value is -3.02. The molecule has 6 nitrogen and oxygen atoms in total. The van der Waals surface area contributed by atoms with Gasteiger partial charge in [-0.15, -0.1) is 0 Å². The molecule has 0 spiro atoms. The third-order valence-electron chi connectivity index (χ3n) is 4.95. The predicted molar refractivity (Wildman–Crippen MR) is 123 cm³/mol. The molecule has 6 heteroatoms. The number of nitrogens with zero attached hydrogens (tertiary/aromatic N) is 3. The molecule has 0 unspecified atom stereocenters. The van der Waals surface area contributed by atoms with Crippen molar-refractivity contribution in [2.45, 2.75) is 33.2 Å². The molecule has 0 saturated carbocycles. The smallest absolute Gasteiger partial charge is 0.191 e. The fourth-order valence-electron chi connectivity index (χ4n) is 3.40. The zero-order chi connectivity index (χ0) is 20.6. The monoisotopic (exact) mass is 392 g/mol. The zero-order valence-corrected chi connectivity index (χ0v) is 17.9. The Kier molecular flexibility index (Phi) is 7.11. The van der Waals surface area contributed by atoms with Crippen molar-refractivity contribution in [1.82, 2.24) is 20.6 Å². The molecule has 3 N–H and O–H groups in total. The van der Waals surface area contributed by atoms with Crippen LogP contribution in [0.3, 0.4) is 0 Å². The topological polar surface area (TPSA) is 68.3 Å². The van der Waals surface area contributed by atoms with Gasteiger partial charge in [-0.1, -0.05) is 31.2 Å². The molecule has 0 aliphatic heterocycles. The molecular formula is C23H32N6. The number of para-hydroxylation sites is 1. The van der Waals surface area contributed by atoms with E-state index in [9.17, 15) is 0 Å². The van der Waals surface area contributed by atoms with Gasteiger partial charge in [0.2, 0.25) is 0 Å². The van der Waals surface area contributed by atoms with E-state index in [4.69, 9.17) is 4.99 Å². The van der Waals surface area contributed by atoms with Crippen molar-refractivity contribution in [1.29, 1.82) is 0 Å². The molecule has 0 atom stereocenters. The maximum absolute atomic E-state index is 4.70. The third-order valence-corrected chi connectivity index (χ3v) is 4.95. The minimum Gasteiger partial charge on any atom is -0.363 e. The Bertz CT molecular complexity index is 957. The molecule has 154 valence electrons. The number of guanidine groups is 1. The Balaban J connectivity index is 1.62. The van der Waals surface area contributed by atoms with Gasteiger partial charge in [-0.05, 0) is 43.0 Å². The summed E-state index contributed by atoms with van der Waals surface area (Å²) in [6, 6.07) is 12.6. The lowest BCUT2D eigenvalue weighted by Crippen LogP contribution is -2.38. The van der Waals surface area contributed by atoms with Crippen molar-refractivity contribution in [3.8, 4) is 0 Å². The number of aryl methyl sites for hydroxylation is 1. The molecule has 0 aliphatic carbocycles. The Morgan fingerprint density at radius 3 is 2.66 bits per heavy atom. The van der Waals surface area contributed by atoms with Crippen molar-refractivity contribution in [3.63, 3.8) is 0 Å². The van der Waals surface area contributed by atoms with Crippen LogP contribution in [0.2, 0.25) is 0 Å². The predicted octanol–water partition coefficient (Wildman–Crippen LogP) is 3.49. The lowest BCUT2D eigenvalue weighted by Gasteiger charge is -2.13. The normalized spacial score (nSPS) is 11.7. The van der Waals surface area contributed by atoms with Gasteiger partial charge in [-0.3, -0.25) is 0 Å². The Labute approximate surface area is 173 Å². The number of aromatic nitrogens is 2. The van der Waals surface area contributed by atoms with Crippen LogP contribution in [0.15, 0.2) is 47.6 Å². The molecule has 0 aliphatic rings. The summed E-state index contributed by atoms with van der Waals surface area (Å²) < 4.78 is 0. The number of rotatable bonds is 8. The number of hydrogen-bond donors (Lipinski definition) is 3. The molecule has 3 rings (SSSR count). The number of H-pyrrole nitrogens is 1. The zero-order valence-electron chi connectivity index (χ0n) is 17.9. The first-order valence-corrected chi connectivity index (χ1v) is 10.4. The van der Waals surface area contributed by atoms with Crippen LogP contribution in [-0.2, 0) is 19.4 Å². The number of hydrogen-bond acceptors (Lipinski definition) is 3. The highest BCUT2D eigenvalue weighted by molar-refractivity contribution is 5.86. The highest BCUT2D eigenvalue weighted by atomic mass is 15.2. The van der Waals surface area contributed by atoms with E-state index in [0.717, 1.165) is 43.4 Å². The number of anilines is 1. The maximum Gasteiger partial charge on any atom is 0.191 e. The van der Waals surface area contributed by atoms with E-state index in [2.05, 4.69) is 58.8 Å². The fraction of sp³-hybridized carbons (Fsp3) is 0.391. The molecule has 0 amide bonds. The molecule has 0 radical (unpaired) electrons. The highest BCUT2D eigenvalue weighted by Crippen LogP contribution is 2.22. The quantitative estimate of drug-likeness (QED) is 0.405. The first-order chi connectivity index (χ1) is 14.1. The van der Waals surface area contributed by atoms with E-state index in [1.54, 1.807) is 0 Å². The molecule has 1 aromatic carbocycles. The van der Waals surface area contributed by atoms with Crippen LogP contribution in [-0.4, -0.2) is 43.1 Å². The van der Waals surface area contributed by atoms with Gasteiger partial charge in [-0.2, -0.15) is 0 Å². The lowest BCUT2D eigenvalue weighted by atomic mass is 10.1. The number of benzene rings is 1. The number of nitrogens with one attached hydrogen (secondary N) is 3. The fourth-order valence-corrected chi connectivity index (χ4v) is 3.40. The average molecular weight is 393 g/mol. The minimum absolute atomic E-state index is 0.546. The molecule has 3 aromatic rings. The summed E-state index contributed by atoms with van der Waals surface area (Å²) in [5.41, 5.74) is 4.91. The van der Waals surface area contributed by atoms with Crippen molar-refractivity contribution < 1.29 is 0 Å². The molecule has 0 fully saturated rings. The number of aromatic amines is 1. The summed E-state index contributed by atoms with van der Waals surface area (Å²) in [7, 11) is 3.99. The van der Waals surface area contributed by atoms with Crippen LogP contribution in [0.25, 0.3) is 10.9 Å². The highest BCUT2D eigenvalue weighted by Gasteiger charge is 2.07. The summed E-state index contributed by atoms with van der Waals surface area (Å²) in [4.78, 5) is 14.8. The molecule has 2 aromatic heterocycles. The second-order valence-electron chi connectivity index (χ2n) is 7.26. The van der Waals surface area contributed by atoms with Gasteiger partial charge in [0, 0.05) is 44.3 Å². The van der Waals surface area contributed by atoms with Crippen molar-refractivity contribution >= 4 is 22.7 Å². The van der Waals surface area contributed by atoms with Gasteiger partial charge in [0.15, 0.2) is 5.96 Å². The second kappa shape index (κ2) is 9.96. The molecular weight excluding hydrogens is 360 g/mol. The number of fused-ring (bicyclic) bond motifs is 1. The van der Waals surface area contributed by atoms with Crippen LogP contribution in [0.1, 0.15) is 30.7 Å². The SMILES string of the molecule is CCNC(=NCc1cccc(N(C)C)n1)NCCc1c[nH]c2c(CC)cccc12. The third kappa shape index (κ3) is 5.28. The standard InChI is InChI=1S/C23H32N6/c1-5-17-9-7-11-20-18(15-26-22(17)20)13-14-25-23(24-6-2)27-16-19-10-8-12-21(28-19)29(3)4/h7-12,15,26H,5-6,13-14,16H2,1-4H3,(H2,24,25,27). The van der Waals surface area contributed by atoms with E-state index in [1.807, 2.05) is 37.2 Å². The Morgan fingerprint density at radius 2 is 1.90 bits per heavy atom. The number of pyridine rings is 1. The van der Waals surface area contributed by atoms with Crippen molar-refractivity contribution in [2.75, 3.05) is 32.1 Å².